The molecule has 0 aliphatic carbocycles. The molecule has 21 heavy (non-hydrogen) atoms. The molecule has 8 heteroatoms. The second-order valence-corrected chi connectivity index (χ2v) is 4.70. The fraction of sp³-hybridized carbons (Fsp3) is 0.846. The first-order valence-electron chi connectivity index (χ1n) is 6.93. The van der Waals surface area contributed by atoms with Gasteiger partial charge in [-0.1, -0.05) is 0 Å². The molecule has 122 valence electrons. The summed E-state index contributed by atoms with van der Waals surface area (Å²) in [5.41, 5.74) is 0. The summed E-state index contributed by atoms with van der Waals surface area (Å²) in [5.74, 6) is 0. The molecule has 0 N–H and O–H groups in total. The van der Waals surface area contributed by atoms with Crippen LogP contribution in [-0.4, -0.2) is 88.3 Å². The molecule has 1 aliphatic heterocycles. The van der Waals surface area contributed by atoms with Crippen LogP contribution in [0.2, 0.25) is 0 Å². The lowest BCUT2D eigenvalue weighted by Crippen LogP contribution is -2.55. The zero-order valence-corrected chi connectivity index (χ0v) is 12.9. The van der Waals surface area contributed by atoms with Gasteiger partial charge in [0.25, 0.3) is 0 Å². The van der Waals surface area contributed by atoms with Crippen molar-refractivity contribution in [2.75, 3.05) is 60.3 Å². The quantitative estimate of drug-likeness (QED) is 0.667. The van der Waals surface area contributed by atoms with Crippen LogP contribution < -0.4 is 0 Å². The Morgan fingerprint density at radius 2 is 1.52 bits per heavy atom. The van der Waals surface area contributed by atoms with Gasteiger partial charge in [-0.3, -0.25) is 0 Å². The average molecular weight is 304 g/mol. The van der Waals surface area contributed by atoms with Gasteiger partial charge in [-0.15, -0.1) is 0 Å². The fourth-order valence-electron chi connectivity index (χ4n) is 1.99. The highest BCUT2D eigenvalue weighted by atomic mass is 16.6. The van der Waals surface area contributed by atoms with E-state index < -0.39 is 0 Å². The molecule has 0 aromatic heterocycles. The third-order valence-electron chi connectivity index (χ3n) is 3.15. The van der Waals surface area contributed by atoms with Gasteiger partial charge in [-0.2, -0.15) is 0 Å². The van der Waals surface area contributed by atoms with Gasteiger partial charge in [0.2, 0.25) is 0 Å². The van der Waals surface area contributed by atoms with E-state index in [9.17, 15) is 9.59 Å². The van der Waals surface area contributed by atoms with Crippen LogP contribution in [0.3, 0.4) is 0 Å². The van der Waals surface area contributed by atoms with E-state index in [-0.39, 0.29) is 31.4 Å². The molecule has 1 atom stereocenters. The Morgan fingerprint density at radius 1 is 0.952 bits per heavy atom. The van der Waals surface area contributed by atoms with E-state index in [1.165, 1.54) is 0 Å². The summed E-state index contributed by atoms with van der Waals surface area (Å²) >= 11 is 0. The Hall–Kier alpha value is -1.54. The zero-order valence-electron chi connectivity index (χ0n) is 12.9. The van der Waals surface area contributed by atoms with Crippen molar-refractivity contribution >= 4 is 12.2 Å². The SMILES string of the molecule is COCCOC(=O)N1CCN(C(=O)OCCOC)C(C)C1. The highest BCUT2D eigenvalue weighted by Gasteiger charge is 2.31. The third kappa shape index (κ3) is 5.76. The number of nitrogens with zero attached hydrogens (tertiary/aromatic N) is 2. The Kier molecular flexibility index (Phi) is 7.84. The van der Waals surface area contributed by atoms with E-state index >= 15 is 0 Å². The predicted octanol–water partition coefficient (Wildman–Crippen LogP) is 0.559. The monoisotopic (exact) mass is 304 g/mol. The Morgan fingerprint density at radius 3 is 2.05 bits per heavy atom. The summed E-state index contributed by atoms with van der Waals surface area (Å²) in [4.78, 5) is 26.9. The number of amides is 2. The molecule has 0 bridgehead atoms. The number of hydrogen-bond donors (Lipinski definition) is 0. The molecule has 1 aliphatic rings. The van der Waals surface area contributed by atoms with Crippen LogP contribution in [0.5, 0.6) is 0 Å². The molecular formula is C13H24N2O6. The fourth-order valence-corrected chi connectivity index (χ4v) is 1.99. The van der Waals surface area contributed by atoms with E-state index in [4.69, 9.17) is 18.9 Å². The molecule has 2 amide bonds. The third-order valence-corrected chi connectivity index (χ3v) is 3.15. The van der Waals surface area contributed by atoms with E-state index in [1.54, 1.807) is 24.0 Å². The molecule has 0 saturated carbocycles. The largest absolute Gasteiger partial charge is 0.447 e. The van der Waals surface area contributed by atoms with Crippen molar-refractivity contribution in [3.8, 4) is 0 Å². The number of carbonyl (C=O) groups excluding carboxylic acids is 2. The number of rotatable bonds is 6. The summed E-state index contributed by atoms with van der Waals surface area (Å²) < 4.78 is 19.8. The van der Waals surface area contributed by atoms with Crippen molar-refractivity contribution in [2.45, 2.75) is 13.0 Å². The van der Waals surface area contributed by atoms with E-state index in [2.05, 4.69) is 0 Å². The van der Waals surface area contributed by atoms with Gasteiger partial charge in [0.1, 0.15) is 13.2 Å². The molecule has 0 radical (unpaired) electrons. The Balaban J connectivity index is 2.35. The summed E-state index contributed by atoms with van der Waals surface area (Å²) in [5, 5.41) is 0. The summed E-state index contributed by atoms with van der Waals surface area (Å²) in [6.07, 6.45) is -0.766. The molecule has 0 spiro atoms. The van der Waals surface area contributed by atoms with Crippen LogP contribution in [0.25, 0.3) is 0 Å². The first-order valence-corrected chi connectivity index (χ1v) is 6.93. The molecule has 0 aromatic carbocycles. The molecular weight excluding hydrogens is 280 g/mol. The minimum absolute atomic E-state index is 0.122. The van der Waals surface area contributed by atoms with Crippen LogP contribution in [0, 0.1) is 0 Å². The normalized spacial score (nSPS) is 18.5. The molecule has 1 fully saturated rings. The number of carbonyl (C=O) groups is 2. The number of hydrogen-bond acceptors (Lipinski definition) is 6. The van der Waals surface area contributed by atoms with Crippen molar-refractivity contribution in [2.24, 2.45) is 0 Å². The van der Waals surface area contributed by atoms with Crippen LogP contribution in [-0.2, 0) is 18.9 Å². The second kappa shape index (κ2) is 9.41. The molecule has 0 aromatic rings. The van der Waals surface area contributed by atoms with Gasteiger partial charge in [0.05, 0.1) is 19.3 Å². The predicted molar refractivity (Wildman–Crippen MR) is 74.2 cm³/mol. The lowest BCUT2D eigenvalue weighted by atomic mass is 10.2. The number of methoxy groups -OCH3 is 2. The molecule has 1 saturated heterocycles. The minimum Gasteiger partial charge on any atom is -0.447 e. The van der Waals surface area contributed by atoms with Crippen LogP contribution in [0.15, 0.2) is 0 Å². The smallest absolute Gasteiger partial charge is 0.410 e. The summed E-state index contributed by atoms with van der Waals surface area (Å²) in [7, 11) is 3.09. The maximum atomic E-state index is 11.9. The molecule has 8 nitrogen and oxygen atoms in total. The Bertz CT molecular complexity index is 339. The van der Waals surface area contributed by atoms with E-state index in [0.29, 0.717) is 32.8 Å². The Labute approximate surface area is 124 Å². The second-order valence-electron chi connectivity index (χ2n) is 4.70. The lowest BCUT2D eigenvalue weighted by molar-refractivity contribution is 0.0269. The van der Waals surface area contributed by atoms with Crippen molar-refractivity contribution in [3.05, 3.63) is 0 Å². The van der Waals surface area contributed by atoms with Gasteiger partial charge in [-0.05, 0) is 6.92 Å². The van der Waals surface area contributed by atoms with Gasteiger partial charge in [0, 0.05) is 33.9 Å². The zero-order chi connectivity index (χ0) is 15.7. The standard InChI is InChI=1S/C13H24N2O6/c1-11-10-14(12(16)20-8-6-18-2)4-5-15(11)13(17)21-9-7-19-3/h11H,4-10H2,1-3H3. The highest BCUT2D eigenvalue weighted by Crippen LogP contribution is 2.12. The summed E-state index contributed by atoms with van der Waals surface area (Å²) in [6, 6.07) is -0.122. The van der Waals surface area contributed by atoms with E-state index in [0.717, 1.165) is 0 Å². The summed E-state index contributed by atoms with van der Waals surface area (Å²) in [6.45, 7) is 4.32. The van der Waals surface area contributed by atoms with Gasteiger partial charge in [0.15, 0.2) is 0 Å². The highest BCUT2D eigenvalue weighted by molar-refractivity contribution is 5.70. The first-order chi connectivity index (χ1) is 10.1. The van der Waals surface area contributed by atoms with Gasteiger partial charge in [-0.25, -0.2) is 9.59 Å². The maximum absolute atomic E-state index is 11.9. The maximum Gasteiger partial charge on any atom is 0.410 e. The number of piperazine rings is 1. The van der Waals surface area contributed by atoms with Crippen molar-refractivity contribution in [1.82, 2.24) is 9.80 Å². The minimum atomic E-state index is -0.383. The molecule has 1 heterocycles. The topological polar surface area (TPSA) is 77.5 Å². The number of ether oxygens (including phenoxy) is 4. The lowest BCUT2D eigenvalue weighted by Gasteiger charge is -2.38. The average Bonchev–Trinajstić information content (AvgIpc) is 2.47. The van der Waals surface area contributed by atoms with E-state index in [1.807, 2.05) is 6.92 Å². The van der Waals surface area contributed by atoms with Gasteiger partial charge >= 0.3 is 12.2 Å². The van der Waals surface area contributed by atoms with Gasteiger partial charge < -0.3 is 28.7 Å². The van der Waals surface area contributed by atoms with Crippen molar-refractivity contribution in [1.29, 1.82) is 0 Å². The van der Waals surface area contributed by atoms with Crippen LogP contribution in [0.1, 0.15) is 6.92 Å². The van der Waals surface area contributed by atoms with Crippen molar-refractivity contribution < 1.29 is 28.5 Å². The van der Waals surface area contributed by atoms with Crippen molar-refractivity contribution in [3.63, 3.8) is 0 Å². The van der Waals surface area contributed by atoms with Crippen LogP contribution in [0.4, 0.5) is 9.59 Å². The molecule has 1 unspecified atom stereocenters. The van der Waals surface area contributed by atoms with Crippen LogP contribution >= 0.6 is 0 Å². The first kappa shape index (κ1) is 17.5. The molecule has 1 rings (SSSR count).